The maximum Gasteiger partial charge on any atom is 0.195 e. The van der Waals surface area contributed by atoms with E-state index in [1.807, 2.05) is 85.5 Å². The number of methoxy groups -OCH3 is 1. The minimum absolute atomic E-state index is 0.0214. The van der Waals surface area contributed by atoms with Crippen LogP contribution in [0.1, 0.15) is 25.2 Å². The summed E-state index contributed by atoms with van der Waals surface area (Å²) in [4.78, 5) is 24.0. The molecule has 0 saturated carbocycles. The van der Waals surface area contributed by atoms with Gasteiger partial charge in [0.1, 0.15) is 40.0 Å². The molecule has 2 N–H and O–H groups in total. The molecule has 0 atom stereocenters. The zero-order chi connectivity index (χ0) is 23.4. The Morgan fingerprint density at radius 2 is 1.85 bits per heavy atom. The smallest absolute Gasteiger partial charge is 0.195 e. The molecule has 1 aromatic heterocycles. The number of anilines is 1. The Morgan fingerprint density at radius 1 is 1.06 bits per heavy atom. The third-order valence-electron chi connectivity index (χ3n) is 6.43. The number of ether oxygens (including phenoxy) is 2. The topological polar surface area (TPSA) is 79.5 Å². The highest BCUT2D eigenvalue weighted by atomic mass is 16.5. The number of hydrogen-bond donors (Lipinski definition) is 2. The van der Waals surface area contributed by atoms with Gasteiger partial charge in [-0.05, 0) is 32.0 Å². The van der Waals surface area contributed by atoms with E-state index in [-0.39, 0.29) is 5.78 Å². The number of nitrogens with zero attached hydrogens (tertiary/aromatic N) is 2. The Kier molecular flexibility index (Phi) is 4.42. The third kappa shape index (κ3) is 3.04. The highest BCUT2D eigenvalue weighted by Crippen LogP contribution is 2.44. The first-order chi connectivity index (χ1) is 16.5. The summed E-state index contributed by atoms with van der Waals surface area (Å²) in [5.74, 6) is 3.26. The molecule has 3 aromatic carbocycles. The van der Waals surface area contributed by atoms with Crippen molar-refractivity contribution in [3.63, 3.8) is 0 Å². The van der Waals surface area contributed by atoms with E-state index >= 15 is 0 Å². The van der Waals surface area contributed by atoms with E-state index in [0.29, 0.717) is 35.3 Å². The van der Waals surface area contributed by atoms with E-state index < -0.39 is 5.54 Å². The van der Waals surface area contributed by atoms with Gasteiger partial charge in [-0.3, -0.25) is 4.79 Å². The van der Waals surface area contributed by atoms with Crippen LogP contribution in [0.25, 0.3) is 16.6 Å². The molecule has 0 unspecified atom stereocenters. The van der Waals surface area contributed by atoms with Crippen LogP contribution < -0.4 is 19.7 Å². The zero-order valence-electron chi connectivity index (χ0n) is 19.2. The van der Waals surface area contributed by atoms with Crippen LogP contribution in [0.5, 0.6) is 17.2 Å². The van der Waals surface area contributed by atoms with Crippen molar-refractivity contribution in [2.75, 3.05) is 12.0 Å². The summed E-state index contributed by atoms with van der Waals surface area (Å²) in [5.41, 5.74) is 3.14. The first kappa shape index (κ1) is 20.4. The quantitative estimate of drug-likeness (QED) is 0.445. The lowest BCUT2D eigenvalue weighted by molar-refractivity contribution is -0.116. The van der Waals surface area contributed by atoms with Crippen LogP contribution in [0, 0.1) is 0 Å². The average Bonchev–Trinajstić information content (AvgIpc) is 3.34. The number of benzene rings is 3. The SMILES string of the molecule is COc1cc2cc(c1)N1C(=C(c3nc4ccccc4[nH]3)C(=O)C1(C)C)NCc1ccccc1O2. The predicted octanol–water partition coefficient (Wildman–Crippen LogP) is 5.00. The molecule has 3 heterocycles. The standard InChI is InChI=1S/C27H24N4O3/c1-27(2)24(32)23(25-29-20-9-5-6-10-21(20)30-25)26-28-15-16-8-4-7-11-22(16)34-19-13-17(31(26)27)12-18(14-19)33-3/h4-14,28H,15H2,1-3H3,(H,29,30). The number of hydrogen-bond acceptors (Lipinski definition) is 6. The number of para-hydroxylation sites is 3. The molecule has 0 fully saturated rings. The number of ketones is 1. The molecular formula is C27H24N4O3. The van der Waals surface area contributed by atoms with Crippen LogP contribution in [0.15, 0.2) is 72.6 Å². The van der Waals surface area contributed by atoms with E-state index in [0.717, 1.165) is 28.0 Å². The lowest BCUT2D eigenvalue weighted by atomic mass is 9.95. The number of fused-ring (bicyclic) bond motifs is 6. The molecule has 0 radical (unpaired) electrons. The molecule has 170 valence electrons. The highest BCUT2D eigenvalue weighted by Gasteiger charge is 2.48. The lowest BCUT2D eigenvalue weighted by Crippen LogP contribution is -2.46. The molecule has 2 aliphatic rings. The minimum Gasteiger partial charge on any atom is -0.497 e. The van der Waals surface area contributed by atoms with E-state index in [9.17, 15) is 4.79 Å². The Bertz CT molecular complexity index is 1450. The number of rotatable bonds is 2. The van der Waals surface area contributed by atoms with Gasteiger partial charge in [0.15, 0.2) is 5.78 Å². The number of Topliss-reactive ketones (excluding diaryl/α,β-unsaturated/α-hetero) is 1. The number of carbonyl (C=O) groups is 1. The van der Waals surface area contributed by atoms with Gasteiger partial charge >= 0.3 is 0 Å². The maximum absolute atomic E-state index is 13.9. The summed E-state index contributed by atoms with van der Waals surface area (Å²) in [6, 6.07) is 21.4. The molecule has 7 heteroatoms. The van der Waals surface area contributed by atoms with Crippen LogP contribution in [0.3, 0.4) is 0 Å². The normalized spacial score (nSPS) is 16.6. The molecule has 7 nitrogen and oxygen atoms in total. The first-order valence-corrected chi connectivity index (χ1v) is 11.2. The number of nitrogens with one attached hydrogen (secondary N) is 2. The number of H-pyrrole nitrogens is 1. The highest BCUT2D eigenvalue weighted by molar-refractivity contribution is 6.29. The molecule has 0 spiro atoms. The van der Waals surface area contributed by atoms with Gasteiger partial charge in [0, 0.05) is 30.3 Å². The zero-order valence-corrected chi connectivity index (χ0v) is 19.2. The van der Waals surface area contributed by atoms with E-state index in [4.69, 9.17) is 14.5 Å². The van der Waals surface area contributed by atoms with Gasteiger partial charge in [-0.15, -0.1) is 0 Å². The summed E-state index contributed by atoms with van der Waals surface area (Å²) >= 11 is 0. The minimum atomic E-state index is -0.862. The van der Waals surface area contributed by atoms with Gasteiger partial charge in [-0.2, -0.15) is 0 Å². The molecule has 2 aliphatic heterocycles. The monoisotopic (exact) mass is 452 g/mol. The summed E-state index contributed by atoms with van der Waals surface area (Å²) in [7, 11) is 1.62. The Morgan fingerprint density at radius 3 is 2.68 bits per heavy atom. The third-order valence-corrected chi connectivity index (χ3v) is 6.43. The Labute approximate surface area is 197 Å². The molecule has 34 heavy (non-hydrogen) atoms. The van der Waals surface area contributed by atoms with Gasteiger partial charge < -0.3 is 24.7 Å². The molecule has 0 amide bonds. The van der Waals surface area contributed by atoms with Crippen LogP contribution in [0.2, 0.25) is 0 Å². The van der Waals surface area contributed by atoms with Crippen molar-refractivity contribution in [1.29, 1.82) is 0 Å². The fourth-order valence-corrected chi connectivity index (χ4v) is 4.73. The van der Waals surface area contributed by atoms with Gasteiger partial charge in [0.05, 0.1) is 23.8 Å². The van der Waals surface area contributed by atoms with E-state index in [1.54, 1.807) is 7.11 Å². The summed E-state index contributed by atoms with van der Waals surface area (Å²) in [6.45, 7) is 4.33. The van der Waals surface area contributed by atoms with Crippen molar-refractivity contribution < 1.29 is 14.3 Å². The van der Waals surface area contributed by atoms with Gasteiger partial charge in [0.2, 0.25) is 0 Å². The second kappa shape index (κ2) is 7.38. The molecule has 4 aromatic rings. The maximum atomic E-state index is 13.9. The van der Waals surface area contributed by atoms with Crippen molar-refractivity contribution in [3.05, 3.63) is 83.9 Å². The second-order valence-electron chi connectivity index (χ2n) is 8.98. The predicted molar refractivity (Wildman–Crippen MR) is 131 cm³/mol. The van der Waals surface area contributed by atoms with Gasteiger partial charge in [0.25, 0.3) is 0 Å². The molecule has 2 bridgehead atoms. The Balaban J connectivity index is 1.62. The number of aromatic amines is 1. The van der Waals surface area contributed by atoms with Crippen molar-refractivity contribution in [2.24, 2.45) is 0 Å². The van der Waals surface area contributed by atoms with E-state index in [2.05, 4.69) is 10.3 Å². The first-order valence-electron chi connectivity index (χ1n) is 11.2. The summed E-state index contributed by atoms with van der Waals surface area (Å²) in [6.07, 6.45) is 0. The fourth-order valence-electron chi connectivity index (χ4n) is 4.73. The fraction of sp³-hybridized carbons (Fsp3) is 0.185. The summed E-state index contributed by atoms with van der Waals surface area (Å²) in [5, 5.41) is 3.54. The van der Waals surface area contributed by atoms with Crippen LogP contribution >= 0.6 is 0 Å². The second-order valence-corrected chi connectivity index (χ2v) is 8.98. The van der Waals surface area contributed by atoms with Crippen molar-refractivity contribution in [3.8, 4) is 17.2 Å². The molecule has 6 rings (SSSR count). The van der Waals surface area contributed by atoms with Crippen molar-refractivity contribution >= 4 is 28.1 Å². The van der Waals surface area contributed by atoms with Crippen molar-refractivity contribution in [1.82, 2.24) is 15.3 Å². The largest absolute Gasteiger partial charge is 0.497 e. The number of aromatic nitrogens is 2. The summed E-state index contributed by atoms with van der Waals surface area (Å²) < 4.78 is 11.8. The number of carbonyl (C=O) groups excluding carboxylic acids is 1. The van der Waals surface area contributed by atoms with Gasteiger partial charge in [-0.1, -0.05) is 30.3 Å². The van der Waals surface area contributed by atoms with Crippen LogP contribution in [-0.2, 0) is 11.3 Å². The van der Waals surface area contributed by atoms with E-state index in [1.165, 1.54) is 0 Å². The van der Waals surface area contributed by atoms with Crippen LogP contribution in [0.4, 0.5) is 5.69 Å². The number of imidazole rings is 1. The van der Waals surface area contributed by atoms with Gasteiger partial charge in [-0.25, -0.2) is 4.98 Å². The van der Waals surface area contributed by atoms with Crippen molar-refractivity contribution in [2.45, 2.75) is 25.9 Å². The average molecular weight is 453 g/mol. The molecule has 0 saturated heterocycles. The lowest BCUT2D eigenvalue weighted by Gasteiger charge is -2.35. The molecule has 0 aliphatic carbocycles. The Hall–Kier alpha value is -4.26. The van der Waals surface area contributed by atoms with Crippen LogP contribution in [-0.4, -0.2) is 28.4 Å². The molecular weight excluding hydrogens is 428 g/mol.